The van der Waals surface area contributed by atoms with Crippen molar-refractivity contribution in [2.45, 2.75) is 45.7 Å². The first kappa shape index (κ1) is 19.0. The molecular formula is C15H25O6P. The van der Waals surface area contributed by atoms with Crippen LogP contribution in [0.25, 0.3) is 0 Å². The summed E-state index contributed by atoms with van der Waals surface area (Å²) in [4.78, 5) is 0. The molecule has 0 amide bonds. The smallest absolute Gasteiger partial charge is 0.364 e. The Morgan fingerprint density at radius 2 is 1.55 bits per heavy atom. The Hall–Kier alpha value is -1.07. The molecule has 0 radical (unpaired) electrons. The normalized spacial score (nSPS) is 13.5. The number of aliphatic hydroxyl groups excluding tert-OH is 1. The Morgan fingerprint density at radius 3 is 1.95 bits per heavy atom. The zero-order chi connectivity index (χ0) is 16.9. The van der Waals surface area contributed by atoms with Crippen LogP contribution in [0.5, 0.6) is 11.5 Å². The fraction of sp³-hybridized carbons (Fsp3) is 0.600. The van der Waals surface area contributed by atoms with Crippen LogP contribution in [0.3, 0.4) is 0 Å². The molecule has 1 unspecified atom stereocenters. The molecule has 6 nitrogen and oxygen atoms in total. The Balaban J connectivity index is 3.28. The number of hydrogen-bond acceptors (Lipinski definition) is 6. The van der Waals surface area contributed by atoms with Crippen LogP contribution >= 0.6 is 7.60 Å². The van der Waals surface area contributed by atoms with Crippen LogP contribution in [0, 0.1) is 0 Å². The molecule has 0 aliphatic heterocycles. The van der Waals surface area contributed by atoms with Crippen molar-refractivity contribution in [2.75, 3.05) is 14.2 Å². The SMILES string of the molecule is COc1ccc(OC)c(C(O)P(=O)(OC(C)C)OC(C)C)c1. The first-order valence-electron chi connectivity index (χ1n) is 7.10. The van der Waals surface area contributed by atoms with E-state index in [-0.39, 0.29) is 12.2 Å². The van der Waals surface area contributed by atoms with Gasteiger partial charge in [-0.05, 0) is 45.9 Å². The fourth-order valence-corrected chi connectivity index (χ4v) is 3.94. The highest BCUT2D eigenvalue weighted by molar-refractivity contribution is 7.54. The van der Waals surface area contributed by atoms with Crippen molar-refractivity contribution in [3.8, 4) is 11.5 Å². The lowest BCUT2D eigenvalue weighted by atomic mass is 10.2. The van der Waals surface area contributed by atoms with Crippen LogP contribution in [-0.2, 0) is 13.6 Å². The van der Waals surface area contributed by atoms with Crippen LogP contribution in [0.2, 0.25) is 0 Å². The van der Waals surface area contributed by atoms with E-state index >= 15 is 0 Å². The maximum atomic E-state index is 13.0. The maximum absolute atomic E-state index is 13.0. The van der Waals surface area contributed by atoms with Gasteiger partial charge in [-0.25, -0.2) is 0 Å². The first-order valence-corrected chi connectivity index (χ1v) is 8.71. The minimum absolute atomic E-state index is 0.298. The number of rotatable bonds is 8. The molecule has 0 bridgehead atoms. The van der Waals surface area contributed by atoms with Crippen LogP contribution in [0.1, 0.15) is 39.1 Å². The van der Waals surface area contributed by atoms with Crippen LogP contribution in [-0.4, -0.2) is 31.5 Å². The van der Waals surface area contributed by atoms with Gasteiger partial charge in [0, 0.05) is 5.56 Å². The van der Waals surface area contributed by atoms with Crippen LogP contribution in [0.15, 0.2) is 18.2 Å². The minimum Gasteiger partial charge on any atom is -0.497 e. The van der Waals surface area contributed by atoms with E-state index in [0.717, 1.165) is 0 Å². The molecule has 0 aliphatic rings. The van der Waals surface area contributed by atoms with Crippen molar-refractivity contribution in [1.82, 2.24) is 0 Å². The molecule has 0 heterocycles. The Kier molecular flexibility index (Phi) is 6.88. The van der Waals surface area contributed by atoms with Crippen molar-refractivity contribution in [1.29, 1.82) is 0 Å². The summed E-state index contributed by atoms with van der Waals surface area (Å²) in [6.07, 6.45) is -0.730. The van der Waals surface area contributed by atoms with Crippen molar-refractivity contribution < 1.29 is 28.2 Å². The summed E-state index contributed by atoms with van der Waals surface area (Å²) in [5.41, 5.74) is 0.298. The minimum atomic E-state index is -3.80. The second kappa shape index (κ2) is 7.97. The highest BCUT2D eigenvalue weighted by atomic mass is 31.2. The number of hydrogen-bond donors (Lipinski definition) is 1. The first-order chi connectivity index (χ1) is 10.2. The van der Waals surface area contributed by atoms with E-state index in [1.807, 2.05) is 0 Å². The van der Waals surface area contributed by atoms with Crippen molar-refractivity contribution in [2.24, 2.45) is 0 Å². The van der Waals surface area contributed by atoms with Gasteiger partial charge in [0.25, 0.3) is 0 Å². The van der Waals surface area contributed by atoms with Crippen molar-refractivity contribution in [3.05, 3.63) is 23.8 Å². The second-order valence-electron chi connectivity index (χ2n) is 5.33. The summed E-state index contributed by atoms with van der Waals surface area (Å²) < 4.78 is 34.2. The second-order valence-corrected chi connectivity index (χ2v) is 7.32. The molecule has 0 spiro atoms. The molecule has 0 saturated heterocycles. The van der Waals surface area contributed by atoms with Crippen LogP contribution < -0.4 is 9.47 Å². The lowest BCUT2D eigenvalue weighted by Crippen LogP contribution is -2.14. The summed E-state index contributed by atoms with van der Waals surface area (Å²) in [5, 5.41) is 10.6. The molecule has 1 rings (SSSR count). The summed E-state index contributed by atoms with van der Waals surface area (Å²) in [7, 11) is -0.820. The molecule has 1 atom stereocenters. The molecule has 0 fully saturated rings. The van der Waals surface area contributed by atoms with Gasteiger partial charge < -0.3 is 23.6 Å². The van der Waals surface area contributed by atoms with Gasteiger partial charge in [0.2, 0.25) is 0 Å². The highest BCUT2D eigenvalue weighted by Gasteiger charge is 2.39. The quantitative estimate of drug-likeness (QED) is 0.731. The zero-order valence-electron chi connectivity index (χ0n) is 13.9. The average molecular weight is 332 g/mol. The van der Waals surface area contributed by atoms with Gasteiger partial charge in [0.1, 0.15) is 11.5 Å². The molecule has 1 aromatic carbocycles. The molecule has 7 heteroatoms. The van der Waals surface area contributed by atoms with E-state index in [1.54, 1.807) is 45.9 Å². The van der Waals surface area contributed by atoms with Gasteiger partial charge in [-0.3, -0.25) is 4.57 Å². The van der Waals surface area contributed by atoms with Gasteiger partial charge in [-0.1, -0.05) is 0 Å². The lowest BCUT2D eigenvalue weighted by molar-refractivity contribution is 0.100. The molecule has 0 aromatic heterocycles. The molecule has 0 saturated carbocycles. The summed E-state index contributed by atoms with van der Waals surface area (Å²) >= 11 is 0. The number of ether oxygens (including phenoxy) is 2. The molecule has 0 aliphatic carbocycles. The van der Waals surface area contributed by atoms with E-state index in [0.29, 0.717) is 17.1 Å². The largest absolute Gasteiger partial charge is 0.497 e. The van der Waals surface area contributed by atoms with Crippen molar-refractivity contribution >= 4 is 7.60 Å². The van der Waals surface area contributed by atoms with E-state index in [9.17, 15) is 9.67 Å². The number of benzene rings is 1. The van der Waals surface area contributed by atoms with E-state index < -0.39 is 13.4 Å². The standard InChI is InChI=1S/C15H25O6P/c1-10(2)20-22(17,21-11(3)4)15(16)13-9-12(18-5)7-8-14(13)19-6/h7-11,15-16H,1-6H3. The molecular weight excluding hydrogens is 307 g/mol. The Labute approximate surface area is 131 Å². The Bertz CT molecular complexity index is 515. The van der Waals surface area contributed by atoms with Crippen LogP contribution in [0.4, 0.5) is 0 Å². The maximum Gasteiger partial charge on any atom is 0.364 e. The lowest BCUT2D eigenvalue weighted by Gasteiger charge is -2.27. The average Bonchev–Trinajstić information content (AvgIpc) is 2.43. The summed E-state index contributed by atoms with van der Waals surface area (Å²) in [6, 6.07) is 4.88. The number of methoxy groups -OCH3 is 2. The van der Waals surface area contributed by atoms with E-state index in [2.05, 4.69) is 0 Å². The van der Waals surface area contributed by atoms with Gasteiger partial charge >= 0.3 is 7.60 Å². The van der Waals surface area contributed by atoms with Gasteiger partial charge in [0.05, 0.1) is 26.4 Å². The number of aliphatic hydroxyl groups is 1. The zero-order valence-corrected chi connectivity index (χ0v) is 14.8. The molecule has 1 N–H and O–H groups in total. The highest BCUT2D eigenvalue weighted by Crippen LogP contribution is 2.62. The monoisotopic (exact) mass is 332 g/mol. The summed E-state index contributed by atoms with van der Waals surface area (Å²) in [6.45, 7) is 6.91. The third-order valence-corrected chi connectivity index (χ3v) is 5.04. The predicted octanol–water partition coefficient (Wildman–Crippen LogP) is 3.74. The third-order valence-electron chi connectivity index (χ3n) is 2.73. The molecule has 126 valence electrons. The Morgan fingerprint density at radius 1 is 1.00 bits per heavy atom. The van der Waals surface area contributed by atoms with Gasteiger partial charge in [0.15, 0.2) is 5.85 Å². The predicted molar refractivity (Wildman–Crippen MR) is 84.6 cm³/mol. The van der Waals surface area contributed by atoms with E-state index in [1.165, 1.54) is 14.2 Å². The topological polar surface area (TPSA) is 74.2 Å². The van der Waals surface area contributed by atoms with Gasteiger partial charge in [-0.2, -0.15) is 0 Å². The fourth-order valence-electron chi connectivity index (χ4n) is 1.94. The van der Waals surface area contributed by atoms with E-state index in [4.69, 9.17) is 18.5 Å². The third kappa shape index (κ3) is 4.71. The molecule has 1 aromatic rings. The molecule has 22 heavy (non-hydrogen) atoms. The van der Waals surface area contributed by atoms with Gasteiger partial charge in [-0.15, -0.1) is 0 Å². The van der Waals surface area contributed by atoms with Crippen molar-refractivity contribution in [3.63, 3.8) is 0 Å². The summed E-state index contributed by atoms with van der Waals surface area (Å²) in [5.74, 6) is -0.578.